The molecule has 4 rings (SSSR count). The van der Waals surface area contributed by atoms with E-state index in [1.165, 1.54) is 37.6 Å². The van der Waals surface area contributed by atoms with E-state index in [-0.39, 0.29) is 43.9 Å². The van der Waals surface area contributed by atoms with Gasteiger partial charge < -0.3 is 10.1 Å². The molecule has 1 aromatic heterocycles. The van der Waals surface area contributed by atoms with Crippen molar-refractivity contribution in [3.8, 4) is 11.9 Å². The van der Waals surface area contributed by atoms with Gasteiger partial charge in [0.1, 0.15) is 23.0 Å². The second-order valence-corrected chi connectivity index (χ2v) is 8.77. The van der Waals surface area contributed by atoms with Gasteiger partial charge >= 0.3 is 0 Å². The maximum absolute atomic E-state index is 14.7. The van der Waals surface area contributed by atoms with Crippen molar-refractivity contribution in [1.82, 2.24) is 9.97 Å². The maximum atomic E-state index is 14.7. The highest BCUT2D eigenvalue weighted by molar-refractivity contribution is 7.92. The zero-order chi connectivity index (χ0) is 23.6. The second-order valence-electron chi connectivity index (χ2n) is 6.71. The molecule has 0 amide bonds. The molecule has 2 N–H and O–H groups in total. The Morgan fingerprint density at radius 2 is 1.82 bits per heavy atom. The van der Waals surface area contributed by atoms with Gasteiger partial charge in [-0.2, -0.15) is 5.26 Å². The highest BCUT2D eigenvalue weighted by Crippen LogP contribution is 2.37. The lowest BCUT2D eigenvalue weighted by atomic mass is 10.1. The van der Waals surface area contributed by atoms with Crippen LogP contribution in [0.2, 0.25) is 5.02 Å². The highest BCUT2D eigenvalue weighted by atomic mass is 35.5. The van der Waals surface area contributed by atoms with Crippen LogP contribution in [0.25, 0.3) is 11.0 Å². The fraction of sp³-hybridized carbons (Fsp3) is 0.0455. The molecule has 3 aromatic carbocycles. The van der Waals surface area contributed by atoms with Gasteiger partial charge in [-0.25, -0.2) is 22.8 Å². The number of anilines is 3. The minimum absolute atomic E-state index is 0.0220. The molecular formula is C22H15ClFN5O3S. The Bertz CT molecular complexity index is 1510. The normalized spacial score (nSPS) is 11.1. The Kier molecular flexibility index (Phi) is 6.00. The first-order valence-corrected chi connectivity index (χ1v) is 11.3. The first kappa shape index (κ1) is 22.3. The quantitative estimate of drug-likeness (QED) is 0.402. The number of nitriles is 1. The van der Waals surface area contributed by atoms with E-state index in [4.69, 9.17) is 16.3 Å². The van der Waals surface area contributed by atoms with Crippen molar-refractivity contribution >= 4 is 49.7 Å². The van der Waals surface area contributed by atoms with Crippen LogP contribution in [0.3, 0.4) is 0 Å². The summed E-state index contributed by atoms with van der Waals surface area (Å²) in [5.74, 6) is -0.541. The zero-order valence-electron chi connectivity index (χ0n) is 17.0. The number of hydrogen-bond donors (Lipinski definition) is 2. The Morgan fingerprint density at radius 1 is 1.09 bits per heavy atom. The van der Waals surface area contributed by atoms with Gasteiger partial charge in [0, 0.05) is 0 Å². The lowest BCUT2D eigenvalue weighted by Crippen LogP contribution is -2.13. The molecule has 8 nitrogen and oxygen atoms in total. The molecule has 166 valence electrons. The molecule has 0 fully saturated rings. The smallest absolute Gasteiger partial charge is 0.261 e. The summed E-state index contributed by atoms with van der Waals surface area (Å²) in [5, 5.41) is 12.3. The van der Waals surface area contributed by atoms with E-state index >= 15 is 0 Å². The summed E-state index contributed by atoms with van der Waals surface area (Å²) < 4.78 is 47.4. The van der Waals surface area contributed by atoms with Gasteiger partial charge in [-0.3, -0.25) is 4.72 Å². The average Bonchev–Trinajstić information content (AvgIpc) is 2.83. The molecule has 4 aromatic rings. The summed E-state index contributed by atoms with van der Waals surface area (Å²) in [4.78, 5) is 8.45. The number of methoxy groups -OCH3 is 1. The van der Waals surface area contributed by atoms with Crippen molar-refractivity contribution in [2.75, 3.05) is 17.1 Å². The van der Waals surface area contributed by atoms with Crippen molar-refractivity contribution in [1.29, 1.82) is 5.26 Å². The molecule has 0 aliphatic rings. The van der Waals surface area contributed by atoms with Crippen LogP contribution >= 0.6 is 11.6 Å². The SMILES string of the molecule is COc1cnc2ccc(Nc3c(F)ccc(NS(=O)(=O)c4ccccc4)c3Cl)c(C#N)c2n1. The Morgan fingerprint density at radius 3 is 2.52 bits per heavy atom. The van der Waals surface area contributed by atoms with Crippen LogP contribution in [-0.2, 0) is 10.0 Å². The summed E-state index contributed by atoms with van der Waals surface area (Å²) >= 11 is 6.36. The number of rotatable bonds is 6. The lowest BCUT2D eigenvalue weighted by molar-refractivity contribution is 0.397. The first-order valence-electron chi connectivity index (χ1n) is 9.41. The van der Waals surface area contributed by atoms with Crippen LogP contribution in [0.5, 0.6) is 5.88 Å². The van der Waals surface area contributed by atoms with Crippen LogP contribution in [0.15, 0.2) is 65.7 Å². The van der Waals surface area contributed by atoms with E-state index < -0.39 is 15.8 Å². The van der Waals surface area contributed by atoms with E-state index in [1.54, 1.807) is 24.3 Å². The molecule has 33 heavy (non-hydrogen) atoms. The molecule has 0 saturated heterocycles. The van der Waals surface area contributed by atoms with Gasteiger partial charge in [0.2, 0.25) is 5.88 Å². The van der Waals surface area contributed by atoms with Crippen molar-refractivity contribution in [2.45, 2.75) is 4.90 Å². The fourth-order valence-electron chi connectivity index (χ4n) is 3.06. The van der Waals surface area contributed by atoms with Gasteiger partial charge in [0.25, 0.3) is 10.0 Å². The number of nitrogens with zero attached hydrogens (tertiary/aromatic N) is 3. The molecule has 0 unspecified atom stereocenters. The number of nitrogens with one attached hydrogen (secondary N) is 2. The summed E-state index contributed by atoms with van der Waals surface area (Å²) in [5.41, 5.74) is 0.732. The minimum Gasteiger partial charge on any atom is -0.480 e. The highest BCUT2D eigenvalue weighted by Gasteiger charge is 2.20. The summed E-state index contributed by atoms with van der Waals surface area (Å²) in [6.45, 7) is 0. The van der Waals surface area contributed by atoms with E-state index in [9.17, 15) is 18.1 Å². The number of sulfonamides is 1. The van der Waals surface area contributed by atoms with Gasteiger partial charge in [-0.1, -0.05) is 29.8 Å². The van der Waals surface area contributed by atoms with Crippen molar-refractivity contribution in [3.63, 3.8) is 0 Å². The standard InChI is InChI=1S/C22H15ClFN5O3S/c1-32-19-12-26-18-10-9-16(14(11-25)21(18)28-19)27-22-15(24)7-8-17(20(22)23)29-33(30,31)13-5-3-2-4-6-13/h2-10,12,27,29H,1H3. The molecule has 0 spiro atoms. The second kappa shape index (κ2) is 8.90. The van der Waals surface area contributed by atoms with Crippen LogP contribution in [0.1, 0.15) is 5.56 Å². The van der Waals surface area contributed by atoms with Gasteiger partial charge in [0.15, 0.2) is 0 Å². The van der Waals surface area contributed by atoms with E-state index in [0.29, 0.717) is 5.52 Å². The summed E-state index contributed by atoms with van der Waals surface area (Å²) in [7, 11) is -2.54. The molecule has 0 saturated carbocycles. The monoisotopic (exact) mass is 483 g/mol. The number of benzene rings is 3. The Labute approximate surface area is 193 Å². The van der Waals surface area contributed by atoms with E-state index in [0.717, 1.165) is 6.07 Å². The molecular weight excluding hydrogens is 469 g/mol. The zero-order valence-corrected chi connectivity index (χ0v) is 18.6. The van der Waals surface area contributed by atoms with Gasteiger partial charge in [-0.05, 0) is 36.4 Å². The van der Waals surface area contributed by atoms with Gasteiger partial charge in [-0.15, -0.1) is 0 Å². The van der Waals surface area contributed by atoms with E-state index in [1.807, 2.05) is 6.07 Å². The van der Waals surface area contributed by atoms with Crippen molar-refractivity contribution in [3.05, 3.63) is 77.2 Å². The molecule has 0 bridgehead atoms. The molecule has 1 heterocycles. The first-order chi connectivity index (χ1) is 15.8. The van der Waals surface area contributed by atoms with Crippen molar-refractivity contribution < 1.29 is 17.5 Å². The third kappa shape index (κ3) is 4.37. The summed E-state index contributed by atoms with van der Waals surface area (Å²) in [6.07, 6.45) is 1.41. The van der Waals surface area contributed by atoms with Gasteiger partial charge in [0.05, 0.1) is 45.8 Å². The molecule has 0 aliphatic carbocycles. The number of halogens is 2. The average molecular weight is 484 g/mol. The fourth-order valence-corrected chi connectivity index (χ4v) is 4.46. The number of fused-ring (bicyclic) bond motifs is 1. The summed E-state index contributed by atoms with van der Waals surface area (Å²) in [6, 6.07) is 15.1. The van der Waals surface area contributed by atoms with Crippen molar-refractivity contribution in [2.24, 2.45) is 0 Å². The minimum atomic E-state index is -3.96. The number of aromatic nitrogens is 2. The topological polar surface area (TPSA) is 117 Å². The molecule has 0 aliphatic heterocycles. The maximum Gasteiger partial charge on any atom is 0.261 e. The van der Waals surface area contributed by atoms with E-state index in [2.05, 4.69) is 20.0 Å². The Balaban J connectivity index is 1.75. The molecule has 11 heteroatoms. The number of ether oxygens (including phenoxy) is 1. The number of hydrogen-bond acceptors (Lipinski definition) is 7. The Hall–Kier alpha value is -3.94. The predicted molar refractivity (Wildman–Crippen MR) is 123 cm³/mol. The van der Waals surface area contributed by atoms with Crippen LogP contribution in [0.4, 0.5) is 21.5 Å². The van der Waals surface area contributed by atoms with Crippen LogP contribution in [-0.4, -0.2) is 25.5 Å². The molecule has 0 radical (unpaired) electrons. The molecule has 0 atom stereocenters. The predicted octanol–water partition coefficient (Wildman–Crippen LogP) is 4.85. The van der Waals surface area contributed by atoms with Crippen LogP contribution < -0.4 is 14.8 Å². The lowest BCUT2D eigenvalue weighted by Gasteiger charge is -2.16. The third-order valence-corrected chi connectivity index (χ3v) is 6.44. The third-order valence-electron chi connectivity index (χ3n) is 4.66. The van der Waals surface area contributed by atoms with Crippen LogP contribution in [0, 0.1) is 17.1 Å². The largest absolute Gasteiger partial charge is 0.480 e.